The highest BCUT2D eigenvalue weighted by Crippen LogP contribution is 2.28. The van der Waals surface area contributed by atoms with E-state index in [1.165, 1.54) is 4.80 Å². The molecule has 0 spiro atoms. The van der Waals surface area contributed by atoms with Gasteiger partial charge in [-0.2, -0.15) is 4.80 Å². The fourth-order valence-electron chi connectivity index (χ4n) is 2.99. The van der Waals surface area contributed by atoms with Gasteiger partial charge >= 0.3 is 0 Å². The molecule has 0 atom stereocenters. The Balaban J connectivity index is 1.52. The Morgan fingerprint density at radius 2 is 1.92 bits per heavy atom. The maximum Gasteiger partial charge on any atom is 0.231 e. The summed E-state index contributed by atoms with van der Waals surface area (Å²) < 4.78 is 0. The predicted molar refractivity (Wildman–Crippen MR) is 95.9 cm³/mol. The van der Waals surface area contributed by atoms with Crippen molar-refractivity contribution in [1.82, 2.24) is 20.2 Å². The van der Waals surface area contributed by atoms with Crippen LogP contribution in [-0.4, -0.2) is 38.9 Å². The van der Waals surface area contributed by atoms with Crippen molar-refractivity contribution >= 4 is 17.4 Å². The van der Waals surface area contributed by atoms with Crippen molar-refractivity contribution in [2.45, 2.75) is 19.9 Å². The van der Waals surface area contributed by atoms with Gasteiger partial charge in [0.15, 0.2) is 5.78 Å². The van der Waals surface area contributed by atoms with Crippen LogP contribution in [0, 0.1) is 6.92 Å². The van der Waals surface area contributed by atoms with Gasteiger partial charge in [-0.15, -0.1) is 10.2 Å². The molecular formula is C19H17N5O2. The van der Waals surface area contributed by atoms with E-state index in [2.05, 4.69) is 15.4 Å². The zero-order valence-corrected chi connectivity index (χ0v) is 14.5. The third kappa shape index (κ3) is 2.88. The monoisotopic (exact) mass is 347 g/mol. The Labute approximate surface area is 150 Å². The SMILES string of the molecule is Cc1ccc(-c2nnn(CC(=O)c3ccc4c(c3)CC(=O)N4C)n2)cc1. The van der Waals surface area contributed by atoms with E-state index in [0.717, 1.165) is 22.4 Å². The van der Waals surface area contributed by atoms with Crippen molar-refractivity contribution < 1.29 is 9.59 Å². The number of benzene rings is 2. The van der Waals surface area contributed by atoms with Gasteiger partial charge in [0.25, 0.3) is 0 Å². The molecule has 2 aromatic carbocycles. The maximum absolute atomic E-state index is 12.5. The summed E-state index contributed by atoms with van der Waals surface area (Å²) in [6.45, 7) is 2.01. The Morgan fingerprint density at radius 3 is 2.69 bits per heavy atom. The number of fused-ring (bicyclic) bond motifs is 1. The second kappa shape index (κ2) is 6.18. The molecule has 3 aromatic rings. The minimum absolute atomic E-state index is 0.00142. The van der Waals surface area contributed by atoms with Crippen molar-refractivity contribution in [1.29, 1.82) is 0 Å². The van der Waals surface area contributed by atoms with Gasteiger partial charge in [0, 0.05) is 23.9 Å². The highest BCUT2D eigenvalue weighted by Gasteiger charge is 2.25. The summed E-state index contributed by atoms with van der Waals surface area (Å²) >= 11 is 0. The first kappa shape index (κ1) is 16.1. The Kier molecular flexibility index (Phi) is 3.84. The van der Waals surface area contributed by atoms with Gasteiger partial charge in [-0.25, -0.2) is 0 Å². The maximum atomic E-state index is 12.5. The molecule has 0 saturated heterocycles. The number of anilines is 1. The predicted octanol–water partition coefficient (Wildman–Crippen LogP) is 2.05. The lowest BCUT2D eigenvalue weighted by Crippen LogP contribution is -2.20. The fraction of sp³-hybridized carbons (Fsp3) is 0.211. The van der Waals surface area contributed by atoms with Gasteiger partial charge in [0.1, 0.15) is 6.54 Å². The van der Waals surface area contributed by atoms with Crippen LogP contribution in [-0.2, 0) is 17.8 Å². The van der Waals surface area contributed by atoms with Gasteiger partial charge in [0.05, 0.1) is 6.42 Å². The van der Waals surface area contributed by atoms with Crippen LogP contribution in [0.3, 0.4) is 0 Å². The molecule has 1 aliphatic rings. The van der Waals surface area contributed by atoms with E-state index < -0.39 is 0 Å². The van der Waals surface area contributed by atoms with E-state index in [0.29, 0.717) is 17.8 Å². The average molecular weight is 347 g/mol. The molecule has 0 fully saturated rings. The van der Waals surface area contributed by atoms with Crippen LogP contribution >= 0.6 is 0 Å². The van der Waals surface area contributed by atoms with Gasteiger partial charge < -0.3 is 4.90 Å². The van der Waals surface area contributed by atoms with Crippen LogP contribution < -0.4 is 4.90 Å². The number of likely N-dealkylation sites (N-methyl/N-ethyl adjacent to an activating group) is 1. The van der Waals surface area contributed by atoms with E-state index in [9.17, 15) is 9.59 Å². The Hall–Kier alpha value is -3.35. The molecule has 1 amide bonds. The number of aromatic nitrogens is 4. The van der Waals surface area contributed by atoms with Crippen LogP contribution in [0.5, 0.6) is 0 Å². The number of hydrogen-bond acceptors (Lipinski definition) is 5. The second-order valence-corrected chi connectivity index (χ2v) is 6.41. The number of nitrogens with zero attached hydrogens (tertiary/aromatic N) is 5. The summed E-state index contributed by atoms with van der Waals surface area (Å²) in [6, 6.07) is 13.1. The smallest absolute Gasteiger partial charge is 0.231 e. The third-order valence-electron chi connectivity index (χ3n) is 4.53. The van der Waals surface area contributed by atoms with Gasteiger partial charge in [-0.05, 0) is 35.9 Å². The summed E-state index contributed by atoms with van der Waals surface area (Å²) in [4.78, 5) is 27.2. The summed E-state index contributed by atoms with van der Waals surface area (Å²) in [5.41, 5.74) is 4.27. The molecule has 4 rings (SSSR count). The standard InChI is InChI=1S/C19H17N5O2/c1-12-3-5-13(6-4-12)19-20-22-24(21-19)11-17(25)14-7-8-16-15(9-14)10-18(26)23(16)2/h3-9H,10-11H2,1-2H3. The second-order valence-electron chi connectivity index (χ2n) is 6.41. The molecule has 0 saturated carbocycles. The van der Waals surface area contributed by atoms with E-state index in [-0.39, 0.29) is 18.2 Å². The molecule has 0 N–H and O–H groups in total. The molecule has 0 aliphatic carbocycles. The molecule has 1 aromatic heterocycles. The van der Waals surface area contributed by atoms with Crippen LogP contribution in [0.2, 0.25) is 0 Å². The zero-order chi connectivity index (χ0) is 18.3. The summed E-state index contributed by atoms with van der Waals surface area (Å²) in [7, 11) is 1.74. The van der Waals surface area contributed by atoms with E-state index >= 15 is 0 Å². The zero-order valence-electron chi connectivity index (χ0n) is 14.5. The number of carbonyl (C=O) groups is 2. The molecular weight excluding hydrogens is 330 g/mol. The van der Waals surface area contributed by atoms with Crippen molar-refractivity contribution in [2.24, 2.45) is 0 Å². The summed E-state index contributed by atoms with van der Waals surface area (Å²) in [5.74, 6) is 0.395. The first-order valence-electron chi connectivity index (χ1n) is 8.29. The Bertz CT molecular complexity index is 1010. The summed E-state index contributed by atoms with van der Waals surface area (Å²) in [6.07, 6.45) is 0.325. The summed E-state index contributed by atoms with van der Waals surface area (Å²) in [5, 5.41) is 12.3. The number of rotatable bonds is 4. The van der Waals surface area contributed by atoms with Crippen LogP contribution in [0.25, 0.3) is 11.4 Å². The van der Waals surface area contributed by atoms with Crippen molar-refractivity contribution in [3.63, 3.8) is 0 Å². The molecule has 0 unspecified atom stereocenters. The minimum atomic E-state index is -0.123. The van der Waals surface area contributed by atoms with Crippen LogP contribution in [0.1, 0.15) is 21.5 Å². The lowest BCUT2D eigenvalue weighted by Gasteiger charge is -2.10. The van der Waals surface area contributed by atoms with Gasteiger partial charge in [-0.1, -0.05) is 29.8 Å². The molecule has 26 heavy (non-hydrogen) atoms. The molecule has 130 valence electrons. The number of tetrazole rings is 1. The number of carbonyl (C=O) groups excluding carboxylic acids is 2. The lowest BCUT2D eigenvalue weighted by atomic mass is 10.1. The van der Waals surface area contributed by atoms with E-state index in [1.807, 2.05) is 31.2 Å². The number of ketones is 1. The molecule has 1 aliphatic heterocycles. The van der Waals surface area contributed by atoms with Crippen molar-refractivity contribution in [3.05, 3.63) is 59.2 Å². The normalized spacial score (nSPS) is 13.2. The highest BCUT2D eigenvalue weighted by atomic mass is 16.2. The lowest BCUT2D eigenvalue weighted by molar-refractivity contribution is -0.117. The molecule has 0 radical (unpaired) electrons. The minimum Gasteiger partial charge on any atom is -0.315 e. The fourth-order valence-corrected chi connectivity index (χ4v) is 2.99. The number of Topliss-reactive ketones (excluding diaryl/α,β-unsaturated/α-hetero) is 1. The topological polar surface area (TPSA) is 81.0 Å². The van der Waals surface area contributed by atoms with Crippen molar-refractivity contribution in [2.75, 3.05) is 11.9 Å². The van der Waals surface area contributed by atoms with Crippen LogP contribution in [0.4, 0.5) is 5.69 Å². The largest absolute Gasteiger partial charge is 0.315 e. The van der Waals surface area contributed by atoms with E-state index in [1.54, 1.807) is 30.1 Å². The van der Waals surface area contributed by atoms with Crippen molar-refractivity contribution in [3.8, 4) is 11.4 Å². The molecule has 0 bridgehead atoms. The van der Waals surface area contributed by atoms with Gasteiger partial charge in [-0.3, -0.25) is 9.59 Å². The third-order valence-corrected chi connectivity index (χ3v) is 4.53. The highest BCUT2D eigenvalue weighted by molar-refractivity contribution is 6.03. The molecule has 7 nitrogen and oxygen atoms in total. The van der Waals surface area contributed by atoms with Crippen LogP contribution in [0.15, 0.2) is 42.5 Å². The number of aryl methyl sites for hydroxylation is 1. The number of amides is 1. The first-order chi connectivity index (χ1) is 12.5. The molecule has 2 heterocycles. The first-order valence-corrected chi connectivity index (χ1v) is 8.29. The average Bonchev–Trinajstić information content (AvgIpc) is 3.20. The van der Waals surface area contributed by atoms with Gasteiger partial charge in [0.2, 0.25) is 11.7 Å². The molecule has 7 heteroatoms. The quantitative estimate of drug-likeness (QED) is 0.675. The Morgan fingerprint density at radius 1 is 1.15 bits per heavy atom. The van der Waals surface area contributed by atoms with E-state index in [4.69, 9.17) is 0 Å². The number of hydrogen-bond donors (Lipinski definition) is 0.